The van der Waals surface area contributed by atoms with E-state index in [1.54, 1.807) is 0 Å². The van der Waals surface area contributed by atoms with E-state index < -0.39 is 6.29 Å². The summed E-state index contributed by atoms with van der Waals surface area (Å²) in [5, 5.41) is 19.7. The molecule has 0 bridgehead atoms. The van der Waals surface area contributed by atoms with Crippen molar-refractivity contribution in [2.75, 3.05) is 13.1 Å². The molecular formula is C7H18N2O2. The smallest absolute Gasteiger partial charge is 0.164 e. The molecule has 1 unspecified atom stereocenters. The molecule has 0 aliphatic heterocycles. The predicted octanol–water partition coefficient (Wildman–Crippen LogP) is -0.986. The number of aliphatic hydroxyl groups excluding tert-OH is 1. The Morgan fingerprint density at radius 3 is 2.55 bits per heavy atom. The summed E-state index contributed by atoms with van der Waals surface area (Å²) in [6, 6.07) is 0.232. The quantitative estimate of drug-likeness (QED) is 0.299. The van der Waals surface area contributed by atoms with E-state index in [9.17, 15) is 0 Å². The van der Waals surface area contributed by atoms with Gasteiger partial charge in [-0.05, 0) is 26.3 Å². The van der Waals surface area contributed by atoms with Gasteiger partial charge in [0, 0.05) is 12.6 Å². The molecule has 0 saturated carbocycles. The maximum absolute atomic E-state index is 8.43. The molecule has 0 aromatic carbocycles. The van der Waals surface area contributed by atoms with Crippen molar-refractivity contribution in [3.63, 3.8) is 0 Å². The number of aliphatic hydroxyl groups is 2. The van der Waals surface area contributed by atoms with Crippen LogP contribution in [0.1, 0.15) is 19.8 Å². The average molecular weight is 162 g/mol. The SMILES string of the molecule is CC(N)CCCNCC(O)O. The second-order valence-electron chi connectivity index (χ2n) is 2.80. The highest BCUT2D eigenvalue weighted by molar-refractivity contribution is 4.55. The lowest BCUT2D eigenvalue weighted by Crippen LogP contribution is -2.28. The van der Waals surface area contributed by atoms with Gasteiger partial charge in [0.1, 0.15) is 0 Å². The van der Waals surface area contributed by atoms with Crippen LogP contribution in [0.3, 0.4) is 0 Å². The van der Waals surface area contributed by atoms with Gasteiger partial charge < -0.3 is 21.3 Å². The Labute approximate surface area is 67.4 Å². The summed E-state index contributed by atoms with van der Waals surface area (Å²) in [5.74, 6) is 0. The van der Waals surface area contributed by atoms with Crippen LogP contribution in [0.4, 0.5) is 0 Å². The normalized spacial score (nSPS) is 13.9. The molecule has 0 aromatic heterocycles. The monoisotopic (exact) mass is 162 g/mol. The van der Waals surface area contributed by atoms with Crippen molar-refractivity contribution in [1.29, 1.82) is 0 Å². The molecule has 0 fully saturated rings. The van der Waals surface area contributed by atoms with Crippen LogP contribution in [0.2, 0.25) is 0 Å². The molecule has 0 heterocycles. The molecule has 0 aromatic rings. The van der Waals surface area contributed by atoms with Crippen LogP contribution < -0.4 is 11.1 Å². The maximum atomic E-state index is 8.43. The molecule has 4 nitrogen and oxygen atoms in total. The third-order valence-electron chi connectivity index (χ3n) is 1.34. The van der Waals surface area contributed by atoms with Gasteiger partial charge in [-0.1, -0.05) is 0 Å². The van der Waals surface area contributed by atoms with E-state index in [4.69, 9.17) is 15.9 Å². The standard InChI is InChI=1S/C7H18N2O2/c1-6(8)3-2-4-9-5-7(10)11/h6-7,9-11H,2-5,8H2,1H3. The molecule has 0 spiro atoms. The van der Waals surface area contributed by atoms with Crippen LogP contribution in [0.15, 0.2) is 0 Å². The first-order valence-corrected chi connectivity index (χ1v) is 3.95. The van der Waals surface area contributed by atoms with Crippen LogP contribution in [0, 0.1) is 0 Å². The Morgan fingerprint density at radius 1 is 1.45 bits per heavy atom. The summed E-state index contributed by atoms with van der Waals surface area (Å²) in [4.78, 5) is 0. The van der Waals surface area contributed by atoms with Gasteiger partial charge in [-0.2, -0.15) is 0 Å². The van der Waals surface area contributed by atoms with Crippen LogP contribution in [0.5, 0.6) is 0 Å². The van der Waals surface area contributed by atoms with Crippen LogP contribution in [0.25, 0.3) is 0 Å². The predicted molar refractivity (Wildman–Crippen MR) is 44.0 cm³/mol. The zero-order chi connectivity index (χ0) is 8.69. The number of hydrogen-bond acceptors (Lipinski definition) is 4. The molecule has 68 valence electrons. The lowest BCUT2D eigenvalue weighted by atomic mass is 10.2. The molecule has 0 amide bonds. The summed E-state index contributed by atoms with van der Waals surface area (Å²) in [5.41, 5.74) is 5.51. The van der Waals surface area contributed by atoms with E-state index in [1.165, 1.54) is 0 Å². The highest BCUT2D eigenvalue weighted by Gasteiger charge is 1.96. The van der Waals surface area contributed by atoms with Gasteiger partial charge >= 0.3 is 0 Å². The molecule has 0 radical (unpaired) electrons. The second kappa shape index (κ2) is 6.54. The zero-order valence-corrected chi connectivity index (χ0v) is 6.95. The Morgan fingerprint density at radius 2 is 2.09 bits per heavy atom. The van der Waals surface area contributed by atoms with Crippen molar-refractivity contribution >= 4 is 0 Å². The van der Waals surface area contributed by atoms with Crippen molar-refractivity contribution in [2.24, 2.45) is 5.73 Å². The molecule has 0 rings (SSSR count). The third-order valence-corrected chi connectivity index (χ3v) is 1.34. The zero-order valence-electron chi connectivity index (χ0n) is 6.95. The molecule has 0 aliphatic carbocycles. The highest BCUT2D eigenvalue weighted by Crippen LogP contribution is 1.90. The first kappa shape index (κ1) is 10.8. The molecule has 11 heavy (non-hydrogen) atoms. The summed E-state index contributed by atoms with van der Waals surface area (Å²) >= 11 is 0. The molecule has 4 heteroatoms. The lowest BCUT2D eigenvalue weighted by Gasteiger charge is -2.07. The third kappa shape index (κ3) is 9.84. The molecule has 0 aliphatic rings. The number of nitrogens with two attached hydrogens (primary N) is 1. The Kier molecular flexibility index (Phi) is 6.45. The molecule has 0 saturated heterocycles. The molecule has 5 N–H and O–H groups in total. The minimum Gasteiger partial charge on any atom is -0.367 e. The first-order valence-electron chi connectivity index (χ1n) is 3.95. The van der Waals surface area contributed by atoms with Crippen LogP contribution in [-0.2, 0) is 0 Å². The topological polar surface area (TPSA) is 78.5 Å². The summed E-state index contributed by atoms with van der Waals surface area (Å²) in [6.07, 6.45) is 0.698. The fourth-order valence-electron chi connectivity index (χ4n) is 0.780. The van der Waals surface area contributed by atoms with Gasteiger partial charge in [0.2, 0.25) is 0 Å². The average Bonchev–Trinajstić information content (AvgIpc) is 1.85. The van der Waals surface area contributed by atoms with Gasteiger partial charge in [-0.25, -0.2) is 0 Å². The second-order valence-corrected chi connectivity index (χ2v) is 2.80. The largest absolute Gasteiger partial charge is 0.367 e. The Balaban J connectivity index is 2.91. The van der Waals surface area contributed by atoms with Gasteiger partial charge in [0.05, 0.1) is 0 Å². The van der Waals surface area contributed by atoms with E-state index in [-0.39, 0.29) is 12.6 Å². The fourth-order valence-corrected chi connectivity index (χ4v) is 0.780. The van der Waals surface area contributed by atoms with E-state index in [0.717, 1.165) is 19.4 Å². The number of rotatable bonds is 6. The summed E-state index contributed by atoms with van der Waals surface area (Å²) < 4.78 is 0. The summed E-state index contributed by atoms with van der Waals surface area (Å²) in [6.45, 7) is 2.99. The minimum atomic E-state index is -1.25. The van der Waals surface area contributed by atoms with Crippen molar-refractivity contribution in [3.8, 4) is 0 Å². The van der Waals surface area contributed by atoms with Gasteiger partial charge in [-0.15, -0.1) is 0 Å². The van der Waals surface area contributed by atoms with Crippen LogP contribution in [-0.4, -0.2) is 35.6 Å². The van der Waals surface area contributed by atoms with Crippen LogP contribution >= 0.6 is 0 Å². The molecule has 1 atom stereocenters. The number of hydrogen-bond donors (Lipinski definition) is 4. The van der Waals surface area contributed by atoms with Gasteiger partial charge in [0.15, 0.2) is 6.29 Å². The van der Waals surface area contributed by atoms with Gasteiger partial charge in [0.25, 0.3) is 0 Å². The summed E-state index contributed by atoms with van der Waals surface area (Å²) in [7, 11) is 0. The van der Waals surface area contributed by atoms with Crippen molar-refractivity contribution < 1.29 is 10.2 Å². The number of nitrogens with one attached hydrogen (secondary N) is 1. The fraction of sp³-hybridized carbons (Fsp3) is 1.00. The van der Waals surface area contributed by atoms with E-state index in [2.05, 4.69) is 5.32 Å². The van der Waals surface area contributed by atoms with Gasteiger partial charge in [-0.3, -0.25) is 0 Å². The Hall–Kier alpha value is -0.160. The van der Waals surface area contributed by atoms with Crippen molar-refractivity contribution in [3.05, 3.63) is 0 Å². The lowest BCUT2D eigenvalue weighted by molar-refractivity contribution is -0.0370. The first-order chi connectivity index (χ1) is 5.13. The molecular weight excluding hydrogens is 144 g/mol. The van der Waals surface area contributed by atoms with Crippen molar-refractivity contribution in [1.82, 2.24) is 5.32 Å². The Bertz CT molecular complexity index is 76.5. The van der Waals surface area contributed by atoms with E-state index in [1.807, 2.05) is 6.92 Å². The minimum absolute atomic E-state index is 0.232. The van der Waals surface area contributed by atoms with Crippen molar-refractivity contribution in [2.45, 2.75) is 32.1 Å². The highest BCUT2D eigenvalue weighted by atomic mass is 16.5. The van der Waals surface area contributed by atoms with E-state index >= 15 is 0 Å². The van der Waals surface area contributed by atoms with E-state index in [0.29, 0.717) is 0 Å². The maximum Gasteiger partial charge on any atom is 0.164 e.